The van der Waals surface area contributed by atoms with Crippen LogP contribution in [0.15, 0.2) is 0 Å². The second-order valence-corrected chi connectivity index (χ2v) is 5.14. The van der Waals surface area contributed by atoms with Gasteiger partial charge in [0.2, 0.25) is 5.91 Å². The van der Waals surface area contributed by atoms with Crippen LogP contribution in [0.1, 0.15) is 27.2 Å². The van der Waals surface area contributed by atoms with E-state index in [9.17, 15) is 4.79 Å². The van der Waals surface area contributed by atoms with E-state index >= 15 is 0 Å². The predicted molar refractivity (Wildman–Crippen MR) is 74.4 cm³/mol. The highest BCUT2D eigenvalue weighted by Crippen LogP contribution is 2.23. The van der Waals surface area contributed by atoms with Crippen LogP contribution in [0.4, 0.5) is 0 Å². The summed E-state index contributed by atoms with van der Waals surface area (Å²) in [5.74, 6) is 0.0245. The summed E-state index contributed by atoms with van der Waals surface area (Å²) in [5.41, 5.74) is 5.10. The summed E-state index contributed by atoms with van der Waals surface area (Å²) < 4.78 is 0. The lowest BCUT2D eigenvalue weighted by molar-refractivity contribution is -0.127. The molecule has 0 spiro atoms. The Hall–Kier alpha value is -0.650. The molecule has 0 bridgehead atoms. The van der Waals surface area contributed by atoms with Crippen LogP contribution in [-0.2, 0) is 4.79 Å². The Bertz CT molecular complexity index is 268. The number of rotatable bonds is 7. The van der Waals surface area contributed by atoms with Crippen molar-refractivity contribution in [2.75, 3.05) is 39.3 Å². The Kier molecular flexibility index (Phi) is 6.05. The summed E-state index contributed by atoms with van der Waals surface area (Å²) in [6.07, 6.45) is 0.780. The van der Waals surface area contributed by atoms with Crippen molar-refractivity contribution in [2.24, 2.45) is 11.7 Å². The number of carbonyl (C=O) groups excluding carboxylic acids is 1. The van der Waals surface area contributed by atoms with Gasteiger partial charge in [0.25, 0.3) is 0 Å². The normalized spacial score (nSPS) is 28.6. The zero-order valence-corrected chi connectivity index (χ0v) is 12.0. The fourth-order valence-corrected chi connectivity index (χ4v) is 2.72. The smallest absolute Gasteiger partial charge is 0.238 e. The molecule has 1 rings (SSSR count). The maximum Gasteiger partial charge on any atom is 0.238 e. The van der Waals surface area contributed by atoms with Crippen LogP contribution < -0.4 is 16.4 Å². The molecular formula is C13H28N4O. The van der Waals surface area contributed by atoms with Gasteiger partial charge in [-0.2, -0.15) is 0 Å². The quantitative estimate of drug-likeness (QED) is 0.588. The molecular weight excluding hydrogens is 228 g/mol. The lowest BCUT2D eigenvalue weighted by Gasteiger charge is -2.41. The van der Waals surface area contributed by atoms with E-state index in [2.05, 4.69) is 36.3 Å². The number of nitrogens with one attached hydrogen (secondary N) is 2. The molecule has 2 unspecified atom stereocenters. The number of nitrogens with zero attached hydrogens (tertiary/aromatic N) is 1. The summed E-state index contributed by atoms with van der Waals surface area (Å²) in [6, 6.07) is 0. The van der Waals surface area contributed by atoms with E-state index < -0.39 is 5.54 Å². The summed E-state index contributed by atoms with van der Waals surface area (Å²) in [4.78, 5) is 14.2. The van der Waals surface area contributed by atoms with Crippen molar-refractivity contribution in [1.82, 2.24) is 15.5 Å². The van der Waals surface area contributed by atoms with Gasteiger partial charge in [-0.25, -0.2) is 0 Å². The second-order valence-electron chi connectivity index (χ2n) is 5.14. The zero-order chi connectivity index (χ0) is 13.6. The number of primary amides is 1. The Balaban J connectivity index is 2.55. The van der Waals surface area contributed by atoms with E-state index in [4.69, 9.17) is 5.73 Å². The van der Waals surface area contributed by atoms with E-state index in [1.165, 1.54) is 0 Å². The Labute approximate surface area is 110 Å². The number of likely N-dealkylation sites (N-methyl/N-ethyl adjacent to an activating group) is 1. The number of hydrogen-bond acceptors (Lipinski definition) is 4. The highest BCUT2D eigenvalue weighted by molar-refractivity contribution is 5.85. The van der Waals surface area contributed by atoms with E-state index in [0.29, 0.717) is 0 Å². The second kappa shape index (κ2) is 7.07. The van der Waals surface area contributed by atoms with Gasteiger partial charge in [-0.05, 0) is 38.5 Å². The number of nitrogens with two attached hydrogens (primary N) is 1. The van der Waals surface area contributed by atoms with Crippen LogP contribution in [0.25, 0.3) is 0 Å². The van der Waals surface area contributed by atoms with Crippen LogP contribution in [0.3, 0.4) is 0 Å². The Morgan fingerprint density at radius 1 is 1.50 bits per heavy atom. The highest BCUT2D eigenvalue weighted by atomic mass is 16.1. The average Bonchev–Trinajstić information content (AvgIpc) is 2.36. The Morgan fingerprint density at radius 3 is 2.67 bits per heavy atom. The zero-order valence-electron chi connectivity index (χ0n) is 12.0. The molecule has 1 heterocycles. The molecule has 1 aliphatic rings. The van der Waals surface area contributed by atoms with Crippen LogP contribution in [-0.4, -0.2) is 55.6 Å². The molecule has 0 aromatic rings. The van der Waals surface area contributed by atoms with Crippen LogP contribution in [0, 0.1) is 5.92 Å². The molecule has 0 radical (unpaired) electrons. The van der Waals surface area contributed by atoms with Crippen LogP contribution in [0.2, 0.25) is 0 Å². The van der Waals surface area contributed by atoms with Gasteiger partial charge < -0.3 is 21.3 Å². The molecule has 1 fully saturated rings. The van der Waals surface area contributed by atoms with E-state index in [1.54, 1.807) is 0 Å². The van der Waals surface area contributed by atoms with Crippen molar-refractivity contribution in [2.45, 2.75) is 32.7 Å². The number of amides is 1. The molecule has 1 amide bonds. The standard InChI is InChI=1S/C13H28N4O/c1-4-17(5-2)9-8-16-13(12(14)18)6-7-15-10-11(13)3/h11,15-16H,4-10H2,1-3H3,(H2,14,18). The van der Waals surface area contributed by atoms with Gasteiger partial charge in [-0.1, -0.05) is 20.8 Å². The monoisotopic (exact) mass is 256 g/mol. The minimum atomic E-state index is -0.529. The van der Waals surface area contributed by atoms with Gasteiger partial charge in [-0.15, -0.1) is 0 Å². The summed E-state index contributed by atoms with van der Waals surface area (Å²) in [5, 5.41) is 6.73. The first-order valence-corrected chi connectivity index (χ1v) is 7.04. The molecule has 5 nitrogen and oxygen atoms in total. The first kappa shape index (κ1) is 15.4. The number of carbonyl (C=O) groups is 1. The Morgan fingerprint density at radius 2 is 2.17 bits per heavy atom. The number of piperidine rings is 1. The van der Waals surface area contributed by atoms with Crippen molar-refractivity contribution in [3.8, 4) is 0 Å². The lowest BCUT2D eigenvalue weighted by atomic mass is 9.79. The van der Waals surface area contributed by atoms with Crippen LogP contribution >= 0.6 is 0 Å². The minimum Gasteiger partial charge on any atom is -0.368 e. The highest BCUT2D eigenvalue weighted by Gasteiger charge is 2.42. The molecule has 4 N–H and O–H groups in total. The molecule has 0 saturated carbocycles. The third kappa shape index (κ3) is 3.43. The third-order valence-electron chi connectivity index (χ3n) is 4.19. The summed E-state index contributed by atoms with van der Waals surface area (Å²) >= 11 is 0. The lowest BCUT2D eigenvalue weighted by Crippen LogP contribution is -2.65. The largest absolute Gasteiger partial charge is 0.368 e. The van der Waals surface area contributed by atoms with E-state index in [-0.39, 0.29) is 11.8 Å². The first-order chi connectivity index (χ1) is 8.56. The predicted octanol–water partition coefficient (Wildman–Crippen LogP) is -0.229. The number of hydrogen-bond donors (Lipinski definition) is 3. The average molecular weight is 256 g/mol. The molecule has 106 valence electrons. The van der Waals surface area contributed by atoms with Crippen LogP contribution in [0.5, 0.6) is 0 Å². The van der Waals surface area contributed by atoms with Gasteiger partial charge in [0.15, 0.2) is 0 Å². The fraction of sp³-hybridized carbons (Fsp3) is 0.923. The van der Waals surface area contributed by atoms with Gasteiger partial charge in [0, 0.05) is 13.1 Å². The summed E-state index contributed by atoms with van der Waals surface area (Å²) in [6.45, 7) is 11.9. The van der Waals surface area contributed by atoms with Crippen molar-refractivity contribution >= 4 is 5.91 Å². The first-order valence-electron chi connectivity index (χ1n) is 7.04. The molecule has 1 aliphatic heterocycles. The van der Waals surface area contributed by atoms with Gasteiger partial charge in [0.1, 0.15) is 5.54 Å². The molecule has 0 aliphatic carbocycles. The molecule has 18 heavy (non-hydrogen) atoms. The SMILES string of the molecule is CCN(CC)CCNC1(C(N)=O)CCNCC1C. The minimum absolute atomic E-state index is 0.212. The molecule has 5 heteroatoms. The van der Waals surface area contributed by atoms with Crippen molar-refractivity contribution in [1.29, 1.82) is 0 Å². The van der Waals surface area contributed by atoms with Crippen molar-refractivity contribution < 1.29 is 4.79 Å². The third-order valence-corrected chi connectivity index (χ3v) is 4.19. The summed E-state index contributed by atoms with van der Waals surface area (Å²) in [7, 11) is 0. The molecule has 1 saturated heterocycles. The maximum absolute atomic E-state index is 11.8. The molecule has 0 aromatic carbocycles. The molecule has 2 atom stereocenters. The van der Waals surface area contributed by atoms with Gasteiger partial charge in [-0.3, -0.25) is 4.79 Å². The molecule has 0 aromatic heterocycles. The van der Waals surface area contributed by atoms with E-state index in [0.717, 1.165) is 45.7 Å². The van der Waals surface area contributed by atoms with Gasteiger partial charge >= 0.3 is 0 Å². The maximum atomic E-state index is 11.8. The van der Waals surface area contributed by atoms with E-state index in [1.807, 2.05) is 0 Å². The fourth-order valence-electron chi connectivity index (χ4n) is 2.72. The van der Waals surface area contributed by atoms with Gasteiger partial charge in [0.05, 0.1) is 0 Å². The topological polar surface area (TPSA) is 70.4 Å². The van der Waals surface area contributed by atoms with Crippen molar-refractivity contribution in [3.05, 3.63) is 0 Å². The van der Waals surface area contributed by atoms with Crippen molar-refractivity contribution in [3.63, 3.8) is 0 Å².